The Morgan fingerprint density at radius 1 is 1.36 bits per heavy atom. The summed E-state index contributed by atoms with van der Waals surface area (Å²) in [6, 6.07) is 0. The molecule has 1 rings (SSSR count). The highest BCUT2D eigenvalue weighted by Crippen LogP contribution is 2.19. The predicted octanol–water partition coefficient (Wildman–Crippen LogP) is 2.67. The first kappa shape index (κ1) is 9.63. The van der Waals surface area contributed by atoms with Gasteiger partial charge in [0.2, 0.25) is 0 Å². The Kier molecular flexibility index (Phi) is 4.58. The van der Waals surface area contributed by atoms with Crippen molar-refractivity contribution in [2.45, 2.75) is 31.2 Å². The summed E-state index contributed by atoms with van der Waals surface area (Å²) in [5.41, 5.74) is 0.270. The zero-order valence-electron chi connectivity index (χ0n) is 6.73. The van der Waals surface area contributed by atoms with Gasteiger partial charge < -0.3 is 0 Å². The average molecular weight is 196 g/mol. The first-order valence-corrected chi connectivity index (χ1v) is 5.26. The number of alkyl halides is 2. The molecule has 0 aromatic rings. The average Bonchev–Trinajstić information content (AvgIpc) is 2.03. The molecule has 0 aliphatic carbocycles. The molecule has 0 radical (unpaired) electrons. The first-order valence-electron chi connectivity index (χ1n) is 4.28. The summed E-state index contributed by atoms with van der Waals surface area (Å²) in [5.74, 6) is 0.750. The molecule has 1 aliphatic heterocycles. The molecule has 0 amide bonds. The van der Waals surface area contributed by atoms with Crippen molar-refractivity contribution < 1.29 is 0 Å². The van der Waals surface area contributed by atoms with Gasteiger partial charge in [0.05, 0.1) is 5.50 Å². The van der Waals surface area contributed by atoms with Gasteiger partial charge in [-0.05, 0) is 32.2 Å². The molecule has 1 fully saturated rings. The molecular formula is C8H15Cl2N. The molecule has 0 N–H and O–H groups in total. The minimum Gasteiger partial charge on any atom is -0.287 e. The highest BCUT2D eigenvalue weighted by atomic mass is 35.5. The summed E-state index contributed by atoms with van der Waals surface area (Å²) in [7, 11) is 0. The van der Waals surface area contributed by atoms with E-state index in [0.29, 0.717) is 0 Å². The van der Waals surface area contributed by atoms with E-state index in [9.17, 15) is 0 Å². The van der Waals surface area contributed by atoms with Crippen LogP contribution in [-0.4, -0.2) is 29.4 Å². The van der Waals surface area contributed by atoms with Gasteiger partial charge in [-0.25, -0.2) is 0 Å². The van der Waals surface area contributed by atoms with Crippen molar-refractivity contribution in [3.05, 3.63) is 0 Å². The Bertz CT molecular complexity index is 108. The fourth-order valence-electron chi connectivity index (χ4n) is 1.47. The Labute approximate surface area is 78.7 Å². The Balaban J connectivity index is 2.18. The maximum Gasteiger partial charge on any atom is 0.0850 e. The van der Waals surface area contributed by atoms with Crippen LogP contribution in [0.25, 0.3) is 0 Å². The zero-order chi connectivity index (χ0) is 8.10. The van der Waals surface area contributed by atoms with Gasteiger partial charge in [0, 0.05) is 12.4 Å². The summed E-state index contributed by atoms with van der Waals surface area (Å²) >= 11 is 11.7. The summed E-state index contributed by atoms with van der Waals surface area (Å²) in [4.78, 5) is 2.33. The van der Waals surface area contributed by atoms with Crippen molar-refractivity contribution in [1.29, 1.82) is 0 Å². The van der Waals surface area contributed by atoms with Crippen LogP contribution < -0.4 is 0 Å². The van der Waals surface area contributed by atoms with Crippen LogP contribution in [0.1, 0.15) is 25.7 Å². The van der Waals surface area contributed by atoms with E-state index in [4.69, 9.17) is 23.2 Å². The van der Waals surface area contributed by atoms with Gasteiger partial charge in [-0.15, -0.1) is 23.2 Å². The number of halogens is 2. The minimum atomic E-state index is 0.270. The molecule has 66 valence electrons. The van der Waals surface area contributed by atoms with Crippen LogP contribution in [-0.2, 0) is 0 Å². The quantitative estimate of drug-likeness (QED) is 0.495. The van der Waals surface area contributed by atoms with Crippen LogP contribution in [0.5, 0.6) is 0 Å². The van der Waals surface area contributed by atoms with Gasteiger partial charge in [0.25, 0.3) is 0 Å². The van der Waals surface area contributed by atoms with E-state index in [-0.39, 0.29) is 5.50 Å². The van der Waals surface area contributed by atoms with E-state index in [0.717, 1.165) is 31.8 Å². The molecule has 0 saturated carbocycles. The van der Waals surface area contributed by atoms with E-state index in [1.54, 1.807) is 0 Å². The maximum absolute atomic E-state index is 6.10. The number of hydrogen-bond acceptors (Lipinski definition) is 1. The maximum atomic E-state index is 6.10. The van der Waals surface area contributed by atoms with E-state index >= 15 is 0 Å². The van der Waals surface area contributed by atoms with Crippen molar-refractivity contribution in [2.75, 3.05) is 19.0 Å². The lowest BCUT2D eigenvalue weighted by Crippen LogP contribution is -2.36. The van der Waals surface area contributed by atoms with Gasteiger partial charge in [-0.2, -0.15) is 0 Å². The molecule has 1 heterocycles. The third-order valence-electron chi connectivity index (χ3n) is 2.11. The van der Waals surface area contributed by atoms with Crippen molar-refractivity contribution in [3.8, 4) is 0 Å². The third-order valence-corrected chi connectivity index (χ3v) is 2.87. The van der Waals surface area contributed by atoms with Gasteiger partial charge in [0.15, 0.2) is 0 Å². The molecule has 0 aromatic carbocycles. The summed E-state index contributed by atoms with van der Waals surface area (Å²) in [6.45, 7) is 2.22. The van der Waals surface area contributed by atoms with Crippen LogP contribution in [0.3, 0.4) is 0 Å². The molecule has 0 aromatic heterocycles. The number of piperidine rings is 1. The number of nitrogens with zero attached hydrogens (tertiary/aromatic N) is 1. The van der Waals surface area contributed by atoms with Crippen molar-refractivity contribution in [1.82, 2.24) is 4.90 Å². The summed E-state index contributed by atoms with van der Waals surface area (Å²) in [5, 5.41) is 0. The van der Waals surface area contributed by atoms with E-state index in [1.165, 1.54) is 12.8 Å². The second-order valence-corrected chi connectivity index (χ2v) is 3.89. The molecule has 1 atom stereocenters. The zero-order valence-corrected chi connectivity index (χ0v) is 8.24. The number of hydrogen-bond donors (Lipinski definition) is 0. The second-order valence-electron chi connectivity index (χ2n) is 3.01. The van der Waals surface area contributed by atoms with Crippen molar-refractivity contribution in [2.24, 2.45) is 0 Å². The van der Waals surface area contributed by atoms with Gasteiger partial charge in [-0.3, -0.25) is 4.90 Å². The Morgan fingerprint density at radius 3 is 2.82 bits per heavy atom. The third kappa shape index (κ3) is 3.18. The molecule has 1 saturated heterocycles. The molecule has 0 spiro atoms. The molecule has 0 bridgehead atoms. The summed E-state index contributed by atoms with van der Waals surface area (Å²) in [6.07, 6.45) is 4.78. The van der Waals surface area contributed by atoms with Crippen molar-refractivity contribution >= 4 is 23.2 Å². The molecule has 1 aliphatic rings. The number of rotatable bonds is 3. The second kappa shape index (κ2) is 5.23. The van der Waals surface area contributed by atoms with Crippen LogP contribution in [0.2, 0.25) is 0 Å². The normalized spacial score (nSPS) is 27.3. The Hall–Kier alpha value is 0.540. The van der Waals surface area contributed by atoms with Gasteiger partial charge >= 0.3 is 0 Å². The van der Waals surface area contributed by atoms with Crippen LogP contribution >= 0.6 is 23.2 Å². The molecular weight excluding hydrogens is 181 g/mol. The van der Waals surface area contributed by atoms with Crippen LogP contribution in [0.4, 0.5) is 0 Å². The van der Waals surface area contributed by atoms with E-state index in [1.807, 2.05) is 0 Å². The lowest BCUT2D eigenvalue weighted by atomic mass is 10.1. The molecule has 1 nitrogen and oxygen atoms in total. The lowest BCUT2D eigenvalue weighted by Gasteiger charge is -2.31. The largest absolute Gasteiger partial charge is 0.287 e. The Morgan fingerprint density at radius 2 is 2.18 bits per heavy atom. The monoisotopic (exact) mass is 195 g/mol. The molecule has 3 heteroatoms. The highest BCUT2D eigenvalue weighted by Gasteiger charge is 2.18. The smallest absolute Gasteiger partial charge is 0.0850 e. The fourth-order valence-corrected chi connectivity index (χ4v) is 1.93. The van der Waals surface area contributed by atoms with E-state index in [2.05, 4.69) is 4.90 Å². The van der Waals surface area contributed by atoms with Gasteiger partial charge in [-0.1, -0.05) is 0 Å². The van der Waals surface area contributed by atoms with Crippen LogP contribution in [0, 0.1) is 0 Å². The highest BCUT2D eigenvalue weighted by molar-refractivity contribution is 6.20. The SMILES string of the molecule is ClCCCN1CCCCC1Cl. The standard InChI is InChI=1S/C8H15Cl2N/c9-5-3-7-11-6-2-1-4-8(11)10/h8H,1-7H2. The van der Waals surface area contributed by atoms with Crippen molar-refractivity contribution in [3.63, 3.8) is 0 Å². The van der Waals surface area contributed by atoms with Gasteiger partial charge in [0.1, 0.15) is 0 Å². The topological polar surface area (TPSA) is 3.24 Å². The summed E-state index contributed by atoms with van der Waals surface area (Å²) < 4.78 is 0. The van der Waals surface area contributed by atoms with Crippen LogP contribution in [0.15, 0.2) is 0 Å². The minimum absolute atomic E-state index is 0.270. The molecule has 11 heavy (non-hydrogen) atoms. The fraction of sp³-hybridized carbons (Fsp3) is 1.00. The first-order chi connectivity index (χ1) is 5.34. The lowest BCUT2D eigenvalue weighted by molar-refractivity contribution is 0.202. The predicted molar refractivity (Wildman–Crippen MR) is 50.4 cm³/mol. The number of likely N-dealkylation sites (tertiary alicyclic amines) is 1. The molecule has 1 unspecified atom stereocenters. The van der Waals surface area contributed by atoms with E-state index < -0.39 is 0 Å².